The minimum atomic E-state index is -0.661. The fourth-order valence-electron chi connectivity index (χ4n) is 11.8. The zero-order chi connectivity index (χ0) is 57.1. The summed E-state index contributed by atoms with van der Waals surface area (Å²) in [7, 11) is 0. The summed E-state index contributed by atoms with van der Waals surface area (Å²) in [5.74, 6) is -0.00979. The molecule has 2 unspecified atom stereocenters. The largest absolute Gasteiger partial charge is 0.466 e. The highest BCUT2D eigenvalue weighted by atomic mass is 16.5. The molecule has 0 bridgehead atoms. The second-order valence-electron chi connectivity index (χ2n) is 25.3. The highest BCUT2D eigenvalue weighted by molar-refractivity contribution is 5.76. The van der Waals surface area contributed by atoms with Crippen molar-refractivity contribution in [2.75, 3.05) is 13.2 Å². The van der Waals surface area contributed by atoms with E-state index in [0.717, 1.165) is 44.9 Å². The Labute approximate surface area is 495 Å². The Bertz CT molecular complexity index is 1190. The molecule has 0 aliphatic heterocycles. The zero-order valence-electron chi connectivity index (χ0n) is 53.9. The Morgan fingerprint density at radius 3 is 0.899 bits per heavy atom. The van der Waals surface area contributed by atoms with E-state index in [9.17, 15) is 19.8 Å². The second-order valence-corrected chi connectivity index (χ2v) is 25.3. The quantitative estimate of drug-likeness (QED) is 0.0320. The number of rotatable bonds is 69. The molecule has 0 aromatic rings. The van der Waals surface area contributed by atoms with Crippen molar-refractivity contribution in [2.24, 2.45) is 0 Å². The summed E-state index contributed by atoms with van der Waals surface area (Å²) >= 11 is 0. The number of aliphatic hydroxyl groups is 2. The van der Waals surface area contributed by atoms with Gasteiger partial charge in [-0.2, -0.15) is 0 Å². The van der Waals surface area contributed by atoms with Gasteiger partial charge in [-0.3, -0.25) is 9.59 Å². The molecule has 0 saturated heterocycles. The first-order valence-corrected chi connectivity index (χ1v) is 36.4. The number of carbonyl (C=O) groups is 2. The maximum Gasteiger partial charge on any atom is 0.305 e. The van der Waals surface area contributed by atoms with Crippen LogP contribution in [0, 0.1) is 0 Å². The van der Waals surface area contributed by atoms with Crippen LogP contribution in [0.2, 0.25) is 0 Å². The molecule has 79 heavy (non-hydrogen) atoms. The number of nitrogens with one attached hydrogen (secondary N) is 1. The molecule has 3 N–H and O–H groups in total. The summed E-state index contributed by atoms with van der Waals surface area (Å²) in [5.41, 5.74) is 0. The zero-order valence-corrected chi connectivity index (χ0v) is 53.9. The van der Waals surface area contributed by atoms with Gasteiger partial charge >= 0.3 is 5.97 Å². The fourth-order valence-corrected chi connectivity index (χ4v) is 11.8. The van der Waals surface area contributed by atoms with Crippen molar-refractivity contribution < 1.29 is 24.5 Å². The normalized spacial score (nSPS) is 12.5. The van der Waals surface area contributed by atoms with E-state index in [1.807, 2.05) is 0 Å². The van der Waals surface area contributed by atoms with Crippen LogP contribution in [0.1, 0.15) is 418 Å². The predicted molar refractivity (Wildman–Crippen MR) is 347 cm³/mol. The molecule has 1 amide bonds. The summed E-state index contributed by atoms with van der Waals surface area (Å²) in [6.07, 6.45) is 85.6. The van der Waals surface area contributed by atoms with Crippen molar-refractivity contribution in [3.63, 3.8) is 0 Å². The van der Waals surface area contributed by atoms with Gasteiger partial charge in [0.2, 0.25) is 5.91 Å². The molecule has 0 radical (unpaired) electrons. The molecule has 0 saturated carbocycles. The van der Waals surface area contributed by atoms with Crippen LogP contribution in [0.15, 0.2) is 12.2 Å². The average molecular weight is 1110 g/mol. The van der Waals surface area contributed by atoms with E-state index in [2.05, 4.69) is 31.3 Å². The Balaban J connectivity index is 3.31. The lowest BCUT2D eigenvalue weighted by Gasteiger charge is -2.22. The number of hydrogen-bond acceptors (Lipinski definition) is 5. The Hall–Kier alpha value is -1.40. The van der Waals surface area contributed by atoms with Crippen molar-refractivity contribution >= 4 is 11.9 Å². The van der Waals surface area contributed by atoms with E-state index in [1.165, 1.54) is 340 Å². The summed E-state index contributed by atoms with van der Waals surface area (Å²) < 4.78 is 5.51. The third kappa shape index (κ3) is 65.6. The van der Waals surface area contributed by atoms with Gasteiger partial charge in [-0.1, -0.05) is 366 Å². The van der Waals surface area contributed by atoms with E-state index >= 15 is 0 Å². The lowest BCUT2D eigenvalue weighted by molar-refractivity contribution is -0.143. The van der Waals surface area contributed by atoms with Crippen molar-refractivity contribution in [1.29, 1.82) is 0 Å². The van der Waals surface area contributed by atoms with E-state index in [0.29, 0.717) is 25.9 Å². The summed E-state index contributed by atoms with van der Waals surface area (Å²) in [6, 6.07) is -0.537. The van der Waals surface area contributed by atoms with Crippen molar-refractivity contribution in [1.82, 2.24) is 5.32 Å². The fraction of sp³-hybridized carbons (Fsp3) is 0.945. The van der Waals surface area contributed by atoms with Gasteiger partial charge < -0.3 is 20.3 Å². The number of ether oxygens (including phenoxy) is 1. The number of amides is 1. The van der Waals surface area contributed by atoms with Crippen molar-refractivity contribution in [2.45, 2.75) is 431 Å². The van der Waals surface area contributed by atoms with Gasteiger partial charge in [0, 0.05) is 12.8 Å². The molecule has 0 aliphatic rings. The van der Waals surface area contributed by atoms with Crippen LogP contribution in [0.4, 0.5) is 0 Å². The number of allylic oxidation sites excluding steroid dienone is 2. The van der Waals surface area contributed by atoms with Gasteiger partial charge in [0.25, 0.3) is 0 Å². The van der Waals surface area contributed by atoms with Crippen LogP contribution in [0.25, 0.3) is 0 Å². The summed E-state index contributed by atoms with van der Waals surface area (Å²) in [4.78, 5) is 24.6. The topological polar surface area (TPSA) is 95.9 Å². The predicted octanol–water partition coefficient (Wildman–Crippen LogP) is 23.5. The summed E-state index contributed by atoms with van der Waals surface area (Å²) in [6.45, 7) is 4.99. The molecule has 0 aromatic heterocycles. The van der Waals surface area contributed by atoms with Crippen LogP contribution in [0.3, 0.4) is 0 Å². The third-order valence-electron chi connectivity index (χ3n) is 17.3. The molecule has 2 atom stereocenters. The molecule has 0 aromatic carbocycles. The van der Waals surface area contributed by atoms with Crippen molar-refractivity contribution in [3.05, 3.63) is 12.2 Å². The molecule has 0 aliphatic carbocycles. The number of esters is 1. The first-order chi connectivity index (χ1) is 39.0. The highest BCUT2D eigenvalue weighted by Crippen LogP contribution is 2.19. The molecular weight excluding hydrogens is 971 g/mol. The molecule has 0 spiro atoms. The van der Waals surface area contributed by atoms with Gasteiger partial charge in [0.1, 0.15) is 0 Å². The monoisotopic (exact) mass is 1110 g/mol. The van der Waals surface area contributed by atoms with E-state index in [4.69, 9.17) is 4.74 Å². The molecule has 0 rings (SSSR count). The van der Waals surface area contributed by atoms with Gasteiger partial charge in [-0.05, 0) is 51.4 Å². The van der Waals surface area contributed by atoms with Crippen LogP contribution in [0.5, 0.6) is 0 Å². The second kappa shape index (κ2) is 69.1. The Morgan fingerprint density at radius 2 is 0.595 bits per heavy atom. The van der Waals surface area contributed by atoms with Crippen LogP contribution in [-0.4, -0.2) is 47.4 Å². The maximum atomic E-state index is 12.5. The lowest BCUT2D eigenvalue weighted by Crippen LogP contribution is -2.45. The van der Waals surface area contributed by atoms with E-state index in [1.54, 1.807) is 0 Å². The molecular formula is C73H143NO5. The first-order valence-electron chi connectivity index (χ1n) is 36.4. The first kappa shape index (κ1) is 77.6. The van der Waals surface area contributed by atoms with Gasteiger partial charge in [-0.25, -0.2) is 0 Å². The van der Waals surface area contributed by atoms with Gasteiger partial charge in [-0.15, -0.1) is 0 Å². The number of carbonyl (C=O) groups excluding carboxylic acids is 2. The maximum absolute atomic E-state index is 12.5. The Kier molecular flexibility index (Phi) is 67.9. The summed E-state index contributed by atoms with van der Waals surface area (Å²) in [5, 5.41) is 23.3. The van der Waals surface area contributed by atoms with Crippen molar-refractivity contribution in [3.8, 4) is 0 Å². The standard InChI is InChI=1S/C73H143NO5/c1-3-5-7-9-11-13-15-17-19-34-39-43-47-51-55-59-63-67-73(78)79-68-64-60-56-52-48-44-40-36-33-31-29-27-25-23-21-20-22-24-26-28-30-32-35-38-42-46-50-54-58-62-66-72(77)74-70(69-75)71(76)65-61-57-53-49-45-41-37-18-16-14-12-10-8-6-4-2/h17,19,70-71,75-76H,3-16,18,20-69H2,1-2H3,(H,74,77)/b19-17-. The Morgan fingerprint density at radius 1 is 0.342 bits per heavy atom. The van der Waals surface area contributed by atoms with E-state index in [-0.39, 0.29) is 18.5 Å². The SMILES string of the molecule is CCCCCCCC/C=C\CCCCCCCCCC(=O)OCCCCCCCCCCCCCCCCCCCCCCCCCCCCCCCCC(=O)NC(CO)C(O)CCCCCCCCCCCCCCCCC. The number of hydrogen-bond donors (Lipinski definition) is 3. The molecule has 6 nitrogen and oxygen atoms in total. The molecule has 0 fully saturated rings. The molecule has 6 heteroatoms. The minimum absolute atomic E-state index is 0.0178. The highest BCUT2D eigenvalue weighted by Gasteiger charge is 2.20. The smallest absolute Gasteiger partial charge is 0.305 e. The van der Waals surface area contributed by atoms with Gasteiger partial charge in [0.15, 0.2) is 0 Å². The van der Waals surface area contributed by atoms with Crippen LogP contribution >= 0.6 is 0 Å². The lowest BCUT2D eigenvalue weighted by atomic mass is 10.0. The number of unbranched alkanes of at least 4 members (excludes halogenated alkanes) is 56. The van der Waals surface area contributed by atoms with Crippen LogP contribution in [-0.2, 0) is 14.3 Å². The van der Waals surface area contributed by atoms with Crippen LogP contribution < -0.4 is 5.32 Å². The van der Waals surface area contributed by atoms with E-state index < -0.39 is 12.1 Å². The number of aliphatic hydroxyl groups excluding tert-OH is 2. The third-order valence-corrected chi connectivity index (χ3v) is 17.3. The molecule has 0 heterocycles. The van der Waals surface area contributed by atoms with Gasteiger partial charge in [0.05, 0.1) is 25.4 Å². The molecule has 470 valence electrons. The average Bonchev–Trinajstić information content (AvgIpc) is 3.45. The minimum Gasteiger partial charge on any atom is -0.466 e.